The van der Waals surface area contributed by atoms with Gasteiger partial charge in [-0.3, -0.25) is 0 Å². The largest absolute Gasteiger partial charge is 0.464 e. The van der Waals surface area contributed by atoms with E-state index < -0.39 is 0 Å². The second-order valence-corrected chi connectivity index (χ2v) is 3.27. The lowest BCUT2D eigenvalue weighted by Crippen LogP contribution is -2.15. The number of carbonyl (C=O) groups excluding carboxylic acids is 1. The predicted octanol–water partition coefficient (Wildman–Crippen LogP) is 1.61. The van der Waals surface area contributed by atoms with Crippen molar-refractivity contribution in [3.63, 3.8) is 0 Å². The lowest BCUT2D eigenvalue weighted by Gasteiger charge is -2.08. The Morgan fingerprint density at radius 3 is 2.75 bits per heavy atom. The summed E-state index contributed by atoms with van der Waals surface area (Å²) in [6.45, 7) is 0.662. The fraction of sp³-hybridized carbons (Fsp3) is 0.889. The third kappa shape index (κ3) is 3.22. The molecule has 0 aromatic heterocycles. The quantitative estimate of drug-likeness (QED) is 0.607. The molecule has 0 spiro atoms. The van der Waals surface area contributed by atoms with E-state index >= 15 is 0 Å². The van der Waals surface area contributed by atoms with Crippen molar-refractivity contribution in [1.82, 2.24) is 0 Å². The van der Waals surface area contributed by atoms with E-state index in [0.717, 1.165) is 0 Å². The van der Waals surface area contributed by atoms with Crippen LogP contribution >= 0.6 is 0 Å². The molecule has 0 radical (unpaired) electrons. The maximum atomic E-state index is 10.9. The number of rotatable bonds is 4. The summed E-state index contributed by atoms with van der Waals surface area (Å²) in [6.07, 6.45) is 4.99. The van der Waals surface area contributed by atoms with E-state index in [9.17, 15) is 4.79 Å². The topological polar surface area (TPSA) is 35.5 Å². The molecule has 0 aromatic rings. The normalized spacial score (nSPS) is 18.1. The van der Waals surface area contributed by atoms with Crippen molar-refractivity contribution >= 4 is 5.97 Å². The van der Waals surface area contributed by atoms with Crippen LogP contribution in [-0.2, 0) is 14.3 Å². The van der Waals surface area contributed by atoms with Crippen LogP contribution in [-0.4, -0.2) is 26.3 Å². The zero-order valence-corrected chi connectivity index (χ0v) is 7.54. The molecular weight excluding hydrogens is 156 g/mol. The molecule has 72 valence electrons. The van der Waals surface area contributed by atoms with E-state index in [1.54, 1.807) is 0 Å². The van der Waals surface area contributed by atoms with Crippen LogP contribution in [0.15, 0.2) is 0 Å². The van der Waals surface area contributed by atoms with Gasteiger partial charge >= 0.3 is 5.97 Å². The van der Waals surface area contributed by atoms with Gasteiger partial charge in [0.25, 0.3) is 0 Å². The van der Waals surface area contributed by atoms with E-state index in [0.29, 0.717) is 12.5 Å². The van der Waals surface area contributed by atoms with Gasteiger partial charge in [-0.15, -0.1) is 0 Å². The molecule has 0 atom stereocenters. The first-order chi connectivity index (χ1) is 5.83. The van der Waals surface area contributed by atoms with Gasteiger partial charge in [0.15, 0.2) is 0 Å². The van der Waals surface area contributed by atoms with Gasteiger partial charge in [-0.25, -0.2) is 4.79 Å². The van der Waals surface area contributed by atoms with Gasteiger partial charge < -0.3 is 9.47 Å². The van der Waals surface area contributed by atoms with Crippen molar-refractivity contribution < 1.29 is 15.7 Å². The van der Waals surface area contributed by atoms with Gasteiger partial charge in [0, 0.05) is 8.54 Å². The molecule has 12 heavy (non-hydrogen) atoms. The molecule has 0 N–H and O–H groups in total. The van der Waals surface area contributed by atoms with E-state index in [1.165, 1.54) is 32.8 Å². The summed E-state index contributed by atoms with van der Waals surface area (Å²) < 4.78 is 9.65. The molecule has 3 heteroatoms. The van der Waals surface area contributed by atoms with Crippen LogP contribution in [0.2, 0.25) is 0 Å². The number of esters is 1. The van der Waals surface area contributed by atoms with Crippen LogP contribution in [0.5, 0.6) is 0 Å². The second-order valence-electron chi connectivity index (χ2n) is 3.27. The van der Waals surface area contributed by atoms with Crippen molar-refractivity contribution in [2.45, 2.75) is 25.7 Å². The average Bonchev–Trinajstić information content (AvgIpc) is 2.53. The molecule has 0 saturated heterocycles. The summed E-state index contributed by atoms with van der Waals surface area (Å²) in [5, 5.41) is 0. The van der Waals surface area contributed by atoms with Crippen LogP contribution in [0, 0.1) is 5.92 Å². The summed E-state index contributed by atoms with van der Waals surface area (Å²) in [5.41, 5.74) is 0. The lowest BCUT2D eigenvalue weighted by atomic mass is 10.1. The second kappa shape index (κ2) is 5.14. The molecule has 3 nitrogen and oxygen atoms in total. The summed E-state index contributed by atoms with van der Waals surface area (Å²) in [5.74, 6) is 0.357. The van der Waals surface area contributed by atoms with Crippen molar-refractivity contribution in [1.29, 1.82) is 0 Å². The molecule has 1 aliphatic carbocycles. The van der Waals surface area contributed by atoms with E-state index in [4.69, 9.17) is 4.74 Å². The average molecular weight is 174 g/mol. The molecule has 0 bridgehead atoms. The van der Waals surface area contributed by atoms with E-state index in [1.807, 2.05) is 0 Å². The first kappa shape index (κ1) is 9.52. The van der Waals surface area contributed by atoms with Gasteiger partial charge in [0.1, 0.15) is 6.61 Å². The molecule has 1 saturated carbocycles. The molecule has 0 aliphatic heterocycles. The number of ether oxygens (including phenoxy) is 2. The number of methoxy groups -OCH3 is 1. The summed E-state index contributed by atoms with van der Waals surface area (Å²) in [4.78, 5) is 10.9. The predicted molar refractivity (Wildman–Crippen MR) is 46.9 cm³/mol. The minimum Gasteiger partial charge on any atom is -0.464 e. The third-order valence-electron chi connectivity index (χ3n) is 2.22. The van der Waals surface area contributed by atoms with Gasteiger partial charge in [-0.1, -0.05) is 12.8 Å². The van der Waals surface area contributed by atoms with Gasteiger partial charge in [-0.05, 0) is 18.8 Å². The van der Waals surface area contributed by atoms with Crippen LogP contribution in [0.3, 0.4) is 0 Å². The van der Waals surface area contributed by atoms with Crippen molar-refractivity contribution in [2.75, 3.05) is 20.3 Å². The third-order valence-corrected chi connectivity index (χ3v) is 2.22. The maximum absolute atomic E-state index is 10.9. The van der Waals surface area contributed by atoms with Crippen molar-refractivity contribution in [3.05, 3.63) is 0 Å². The Bertz CT molecular complexity index is 144. The maximum Gasteiger partial charge on any atom is 0.332 e. The Morgan fingerprint density at radius 2 is 2.17 bits per heavy atom. The van der Waals surface area contributed by atoms with Gasteiger partial charge in [0.05, 0.1) is 6.61 Å². The molecule has 1 fully saturated rings. The van der Waals surface area contributed by atoms with E-state index in [-0.39, 0.29) is 14.0 Å². The minimum atomic E-state index is -0.246. The van der Waals surface area contributed by atoms with Gasteiger partial charge in [-0.2, -0.15) is 0 Å². The highest BCUT2D eigenvalue weighted by Crippen LogP contribution is 2.24. The summed E-state index contributed by atoms with van der Waals surface area (Å²) in [6, 6.07) is 0. The first-order valence-corrected chi connectivity index (χ1v) is 4.47. The van der Waals surface area contributed by atoms with Crippen LogP contribution in [0.4, 0.5) is 0 Å². The molecule has 0 amide bonds. The monoisotopic (exact) mass is 174 g/mol. The summed E-state index contributed by atoms with van der Waals surface area (Å²) in [7, 11) is 1.50. The summed E-state index contributed by atoms with van der Waals surface area (Å²) >= 11 is 0. The first-order valence-electron chi connectivity index (χ1n) is 4.47. The van der Waals surface area contributed by atoms with E-state index in [2.05, 4.69) is 4.74 Å². The molecule has 1 aliphatic rings. The Balaban J connectivity index is 0.00000144. The van der Waals surface area contributed by atoms with Crippen LogP contribution in [0.1, 0.15) is 27.1 Å². The SMILES string of the molecule is COCC(=O)OCC1CCCC1.[HH]. The Morgan fingerprint density at radius 1 is 1.50 bits per heavy atom. The number of hydrogen-bond acceptors (Lipinski definition) is 3. The fourth-order valence-electron chi connectivity index (χ4n) is 1.55. The lowest BCUT2D eigenvalue weighted by molar-refractivity contribution is -0.149. The van der Waals surface area contributed by atoms with Crippen molar-refractivity contribution in [3.8, 4) is 0 Å². The number of carbonyl (C=O) groups is 1. The zero-order valence-electron chi connectivity index (χ0n) is 7.54. The fourth-order valence-corrected chi connectivity index (χ4v) is 1.55. The Hall–Kier alpha value is -0.570. The van der Waals surface area contributed by atoms with Crippen LogP contribution in [0.25, 0.3) is 0 Å². The smallest absolute Gasteiger partial charge is 0.332 e. The van der Waals surface area contributed by atoms with Crippen LogP contribution < -0.4 is 0 Å². The Labute approximate surface area is 74.5 Å². The van der Waals surface area contributed by atoms with Crippen molar-refractivity contribution in [2.24, 2.45) is 5.92 Å². The van der Waals surface area contributed by atoms with Gasteiger partial charge in [0.2, 0.25) is 0 Å². The zero-order chi connectivity index (χ0) is 8.81. The Kier molecular flexibility index (Phi) is 4.08. The number of hydrogen-bond donors (Lipinski definition) is 0. The molecular formula is C9H18O3. The highest BCUT2D eigenvalue weighted by molar-refractivity contribution is 5.70. The molecule has 0 unspecified atom stereocenters. The molecule has 1 rings (SSSR count). The minimum absolute atomic E-state index is 0. The molecule has 0 aromatic carbocycles. The highest BCUT2D eigenvalue weighted by Gasteiger charge is 2.16. The highest BCUT2D eigenvalue weighted by atomic mass is 16.6. The molecule has 0 heterocycles. The standard InChI is InChI=1S/C9H16O3.H2/c1-11-7-9(10)12-6-8-4-2-3-5-8;/h8H,2-7H2,1H3;1H.